The van der Waals surface area contributed by atoms with E-state index in [1.165, 1.54) is 0 Å². The number of benzene rings is 2. The van der Waals surface area contributed by atoms with E-state index >= 15 is 0 Å². The van der Waals surface area contributed by atoms with Crippen LogP contribution in [0.5, 0.6) is 11.5 Å². The van der Waals surface area contributed by atoms with Crippen LogP contribution in [0.25, 0.3) is 16.6 Å². The Morgan fingerprint density at radius 3 is 2.71 bits per heavy atom. The number of ether oxygens (including phenoxy) is 2. The summed E-state index contributed by atoms with van der Waals surface area (Å²) in [6.07, 6.45) is 2.86. The monoisotopic (exact) mass is 479 g/mol. The highest BCUT2D eigenvalue weighted by molar-refractivity contribution is 6.31. The lowest BCUT2D eigenvalue weighted by Gasteiger charge is -2.24. The molecule has 3 heterocycles. The van der Waals surface area contributed by atoms with Gasteiger partial charge in [-0.05, 0) is 48.9 Å². The minimum absolute atomic E-state index is 0.167. The van der Waals surface area contributed by atoms with Gasteiger partial charge in [-0.2, -0.15) is 0 Å². The van der Waals surface area contributed by atoms with E-state index in [1.807, 2.05) is 35.4 Å². The topological polar surface area (TPSA) is 71.3 Å². The molecule has 176 valence electrons. The summed E-state index contributed by atoms with van der Waals surface area (Å²) in [5, 5.41) is 3.63. The summed E-state index contributed by atoms with van der Waals surface area (Å²) < 4.78 is 12.8. The van der Waals surface area contributed by atoms with Crippen molar-refractivity contribution in [3.8, 4) is 11.5 Å². The summed E-state index contributed by atoms with van der Waals surface area (Å²) in [4.78, 5) is 22.1. The number of hydrogen-bond acceptors (Lipinski definition) is 5. The number of anilines is 2. The first-order chi connectivity index (χ1) is 16.6. The van der Waals surface area contributed by atoms with Crippen molar-refractivity contribution < 1.29 is 14.3 Å². The number of hydrogen-bond donors (Lipinski definition) is 1. The molecule has 0 bridgehead atoms. The smallest absolute Gasteiger partial charge is 0.322 e. The lowest BCUT2D eigenvalue weighted by Crippen LogP contribution is -2.38. The molecular weight excluding hydrogens is 454 g/mol. The number of carbonyl (C=O) groups is 1. The molecule has 1 aliphatic rings. The fourth-order valence-corrected chi connectivity index (χ4v) is 4.57. The Kier molecular flexibility index (Phi) is 6.06. The Labute approximate surface area is 202 Å². The van der Waals surface area contributed by atoms with E-state index in [4.69, 9.17) is 26.1 Å². The van der Waals surface area contributed by atoms with Gasteiger partial charge >= 0.3 is 6.03 Å². The summed E-state index contributed by atoms with van der Waals surface area (Å²) in [6.45, 7) is 2.68. The van der Waals surface area contributed by atoms with Gasteiger partial charge in [-0.1, -0.05) is 11.6 Å². The van der Waals surface area contributed by atoms with Crippen LogP contribution in [0, 0.1) is 0 Å². The van der Waals surface area contributed by atoms with E-state index in [2.05, 4.69) is 20.7 Å². The molecule has 0 saturated carbocycles. The number of methoxy groups -OCH3 is 2. The molecule has 0 spiro atoms. The maximum atomic E-state index is 13.1. The van der Waals surface area contributed by atoms with Crippen molar-refractivity contribution >= 4 is 45.7 Å². The van der Waals surface area contributed by atoms with Crippen molar-refractivity contribution in [1.29, 1.82) is 0 Å². The van der Waals surface area contributed by atoms with Gasteiger partial charge in [-0.15, -0.1) is 0 Å². The second-order valence-corrected chi connectivity index (χ2v) is 8.59. The lowest BCUT2D eigenvalue weighted by atomic mass is 10.2. The molecule has 2 aromatic carbocycles. The number of nitrogens with one attached hydrogen (secondary N) is 1. The fraction of sp³-hybridized carbons (Fsp3) is 0.280. The molecule has 1 fully saturated rings. The zero-order chi connectivity index (χ0) is 23.7. The van der Waals surface area contributed by atoms with Gasteiger partial charge in [0, 0.05) is 43.5 Å². The molecule has 1 N–H and O–H groups in total. The average Bonchev–Trinajstić information content (AvgIpc) is 3.21. The minimum atomic E-state index is -0.167. The summed E-state index contributed by atoms with van der Waals surface area (Å²) in [7, 11) is 3.17. The third-order valence-electron chi connectivity index (χ3n) is 6.13. The molecule has 0 radical (unpaired) electrons. The van der Waals surface area contributed by atoms with E-state index < -0.39 is 0 Å². The highest BCUT2D eigenvalue weighted by Crippen LogP contribution is 2.30. The van der Waals surface area contributed by atoms with Crippen LogP contribution in [0.15, 0.2) is 54.7 Å². The van der Waals surface area contributed by atoms with Crippen LogP contribution >= 0.6 is 11.6 Å². The molecule has 0 atom stereocenters. The van der Waals surface area contributed by atoms with Crippen molar-refractivity contribution in [2.24, 2.45) is 0 Å². The predicted molar refractivity (Wildman–Crippen MR) is 135 cm³/mol. The van der Waals surface area contributed by atoms with Gasteiger partial charge in [0.25, 0.3) is 0 Å². The Morgan fingerprint density at radius 1 is 1.00 bits per heavy atom. The molecule has 0 unspecified atom stereocenters. The summed E-state index contributed by atoms with van der Waals surface area (Å²) in [5.74, 6) is 2.13. The summed E-state index contributed by atoms with van der Waals surface area (Å²) in [6, 6.07) is 15.0. The first kappa shape index (κ1) is 22.2. The third kappa shape index (κ3) is 4.17. The highest BCUT2D eigenvalue weighted by atomic mass is 35.5. The molecule has 34 heavy (non-hydrogen) atoms. The Balaban J connectivity index is 1.37. The van der Waals surface area contributed by atoms with E-state index in [9.17, 15) is 4.79 Å². The normalized spacial score (nSPS) is 14.3. The number of aromatic nitrogens is 2. The number of carbonyl (C=O) groups excluding carboxylic acids is 1. The number of halogens is 1. The van der Waals surface area contributed by atoms with Crippen LogP contribution in [0.2, 0.25) is 5.02 Å². The first-order valence-corrected chi connectivity index (χ1v) is 11.5. The molecular formula is C25H26ClN5O3. The van der Waals surface area contributed by atoms with Crippen LogP contribution in [-0.4, -0.2) is 60.7 Å². The van der Waals surface area contributed by atoms with Crippen LogP contribution < -0.4 is 19.7 Å². The zero-order valence-corrected chi connectivity index (χ0v) is 19.9. The van der Waals surface area contributed by atoms with E-state index in [1.54, 1.807) is 32.4 Å². The van der Waals surface area contributed by atoms with Gasteiger partial charge in [0.2, 0.25) is 0 Å². The third-order valence-corrected chi connectivity index (χ3v) is 6.37. The minimum Gasteiger partial charge on any atom is -0.497 e. The lowest BCUT2D eigenvalue weighted by molar-refractivity contribution is 0.215. The average molecular weight is 480 g/mol. The fourth-order valence-electron chi connectivity index (χ4n) is 4.41. The van der Waals surface area contributed by atoms with Crippen LogP contribution in [0.1, 0.15) is 6.42 Å². The first-order valence-electron chi connectivity index (χ1n) is 11.2. The number of amides is 2. The highest BCUT2D eigenvalue weighted by Gasteiger charge is 2.23. The number of fused-ring (bicyclic) bond motifs is 3. The number of rotatable bonds is 4. The maximum Gasteiger partial charge on any atom is 0.322 e. The van der Waals surface area contributed by atoms with E-state index in [0.717, 1.165) is 35.3 Å². The zero-order valence-electron chi connectivity index (χ0n) is 19.1. The molecule has 2 amide bonds. The Bertz CT molecular complexity index is 1360. The molecule has 4 aromatic rings. The van der Waals surface area contributed by atoms with E-state index in [-0.39, 0.29) is 6.03 Å². The van der Waals surface area contributed by atoms with Gasteiger partial charge in [-0.3, -0.25) is 0 Å². The van der Waals surface area contributed by atoms with E-state index in [0.29, 0.717) is 41.8 Å². The van der Waals surface area contributed by atoms with Crippen molar-refractivity contribution in [2.75, 3.05) is 50.6 Å². The summed E-state index contributed by atoms with van der Waals surface area (Å²) in [5.41, 5.74) is 3.47. The molecule has 2 aromatic heterocycles. The van der Waals surface area contributed by atoms with Crippen molar-refractivity contribution in [3.05, 3.63) is 59.8 Å². The van der Waals surface area contributed by atoms with Gasteiger partial charge in [-0.25, -0.2) is 9.78 Å². The molecule has 8 nitrogen and oxygen atoms in total. The van der Waals surface area contributed by atoms with Gasteiger partial charge in [0.1, 0.15) is 11.5 Å². The van der Waals surface area contributed by atoms with Gasteiger partial charge in [0.05, 0.1) is 36.5 Å². The van der Waals surface area contributed by atoms with Crippen molar-refractivity contribution in [1.82, 2.24) is 14.3 Å². The van der Waals surface area contributed by atoms with Crippen LogP contribution in [0.4, 0.5) is 16.3 Å². The largest absolute Gasteiger partial charge is 0.497 e. The number of urea groups is 1. The van der Waals surface area contributed by atoms with Gasteiger partial charge in [0.15, 0.2) is 5.82 Å². The second kappa shape index (κ2) is 9.30. The van der Waals surface area contributed by atoms with Crippen molar-refractivity contribution in [2.45, 2.75) is 6.42 Å². The van der Waals surface area contributed by atoms with Crippen molar-refractivity contribution in [3.63, 3.8) is 0 Å². The molecule has 1 aliphatic heterocycles. The van der Waals surface area contributed by atoms with Gasteiger partial charge < -0.3 is 29.0 Å². The predicted octanol–water partition coefficient (Wildman–Crippen LogP) is 4.90. The SMILES string of the molecule is COc1ccc(OC)c(NC(=O)N2CCCN(c3nc4cc(Cl)ccc4n4cccc34)CC2)c1. The van der Waals surface area contributed by atoms with Crippen LogP contribution in [-0.2, 0) is 0 Å². The second-order valence-electron chi connectivity index (χ2n) is 8.16. The molecule has 9 heteroatoms. The Hall–Kier alpha value is -3.65. The summed E-state index contributed by atoms with van der Waals surface area (Å²) >= 11 is 6.24. The van der Waals surface area contributed by atoms with Crippen LogP contribution in [0.3, 0.4) is 0 Å². The molecule has 5 rings (SSSR count). The standard InChI is InChI=1S/C25H26ClN5O3/c1-33-18-7-9-23(34-2)20(16-18)28-25(32)30-11-4-10-29(13-14-30)24-22-5-3-12-31(22)21-8-6-17(26)15-19(21)27-24/h3,5-9,12,15-16H,4,10-11,13-14H2,1-2H3,(H,28,32). The number of nitrogens with zero attached hydrogens (tertiary/aromatic N) is 4. The molecule has 1 saturated heterocycles. The Morgan fingerprint density at radius 2 is 1.88 bits per heavy atom. The molecule has 0 aliphatic carbocycles. The quantitative estimate of drug-likeness (QED) is 0.450. The maximum absolute atomic E-state index is 13.1.